The van der Waals surface area contributed by atoms with Gasteiger partial charge in [0.2, 0.25) is 0 Å². The van der Waals surface area contributed by atoms with Crippen LogP contribution < -0.4 is 11.1 Å². The Morgan fingerprint density at radius 2 is 2.21 bits per heavy atom. The van der Waals surface area contributed by atoms with E-state index in [-0.39, 0.29) is 5.91 Å². The number of aromatic nitrogens is 3. The standard InChI is InChI=1S/C13H19N5O/c1-4-5-18-7-10(14)6-12(18)13(19)15-11-8-17(3)16-9(11)2/h6-8H,4-5,14H2,1-3H3,(H,15,19). The lowest BCUT2D eigenvalue weighted by molar-refractivity contribution is 0.101. The van der Waals surface area contributed by atoms with Gasteiger partial charge in [-0.2, -0.15) is 5.10 Å². The Kier molecular flexibility index (Phi) is 3.59. The lowest BCUT2D eigenvalue weighted by Crippen LogP contribution is -2.17. The van der Waals surface area contributed by atoms with Gasteiger partial charge in [-0.05, 0) is 19.4 Å². The molecule has 0 spiro atoms. The Hall–Kier alpha value is -2.24. The van der Waals surface area contributed by atoms with Crippen LogP contribution in [0, 0.1) is 6.92 Å². The van der Waals surface area contributed by atoms with Gasteiger partial charge in [-0.1, -0.05) is 6.92 Å². The maximum atomic E-state index is 12.3. The Morgan fingerprint density at radius 1 is 1.47 bits per heavy atom. The molecule has 6 heteroatoms. The van der Waals surface area contributed by atoms with Crippen molar-refractivity contribution < 1.29 is 4.79 Å². The predicted octanol–water partition coefficient (Wildman–Crippen LogP) is 1.77. The molecule has 2 heterocycles. The summed E-state index contributed by atoms with van der Waals surface area (Å²) >= 11 is 0. The van der Waals surface area contributed by atoms with E-state index in [1.54, 1.807) is 23.1 Å². The molecule has 0 saturated carbocycles. The van der Waals surface area contributed by atoms with E-state index in [1.165, 1.54) is 0 Å². The maximum Gasteiger partial charge on any atom is 0.272 e. The maximum absolute atomic E-state index is 12.3. The van der Waals surface area contributed by atoms with Gasteiger partial charge in [-0.15, -0.1) is 0 Å². The zero-order valence-corrected chi connectivity index (χ0v) is 11.5. The predicted molar refractivity (Wildman–Crippen MR) is 75.0 cm³/mol. The van der Waals surface area contributed by atoms with E-state index in [1.807, 2.05) is 18.5 Å². The average molecular weight is 261 g/mol. The number of nitrogens with two attached hydrogens (primary N) is 1. The summed E-state index contributed by atoms with van der Waals surface area (Å²) in [5.41, 5.74) is 8.44. The molecule has 0 aliphatic rings. The van der Waals surface area contributed by atoms with Crippen LogP contribution in [0.4, 0.5) is 11.4 Å². The second-order valence-electron chi connectivity index (χ2n) is 4.61. The highest BCUT2D eigenvalue weighted by atomic mass is 16.2. The van der Waals surface area contributed by atoms with Gasteiger partial charge < -0.3 is 15.6 Å². The van der Waals surface area contributed by atoms with Gasteiger partial charge in [0.1, 0.15) is 5.69 Å². The Balaban J connectivity index is 2.22. The SMILES string of the molecule is CCCn1cc(N)cc1C(=O)Nc1cn(C)nc1C. The van der Waals surface area contributed by atoms with Crippen LogP contribution in [-0.4, -0.2) is 20.3 Å². The second kappa shape index (κ2) is 5.17. The number of nitrogens with one attached hydrogen (secondary N) is 1. The molecule has 2 aromatic heterocycles. The van der Waals surface area contributed by atoms with E-state index in [0.717, 1.165) is 24.3 Å². The fourth-order valence-electron chi connectivity index (χ4n) is 2.06. The molecule has 1 amide bonds. The third kappa shape index (κ3) is 2.78. The number of nitrogens with zero attached hydrogens (tertiary/aromatic N) is 3. The second-order valence-corrected chi connectivity index (χ2v) is 4.61. The summed E-state index contributed by atoms with van der Waals surface area (Å²) in [5.74, 6) is -0.166. The Bertz CT molecular complexity index is 596. The lowest BCUT2D eigenvalue weighted by Gasteiger charge is -2.07. The van der Waals surface area contributed by atoms with Crippen LogP contribution in [0.3, 0.4) is 0 Å². The van der Waals surface area contributed by atoms with Crippen LogP contribution >= 0.6 is 0 Å². The third-order valence-corrected chi connectivity index (χ3v) is 2.88. The van der Waals surface area contributed by atoms with E-state index >= 15 is 0 Å². The van der Waals surface area contributed by atoms with Crippen molar-refractivity contribution in [3.63, 3.8) is 0 Å². The van der Waals surface area contributed by atoms with Gasteiger partial charge in [0.05, 0.1) is 17.1 Å². The quantitative estimate of drug-likeness (QED) is 0.880. The largest absolute Gasteiger partial charge is 0.397 e. The molecule has 2 aromatic rings. The number of hydrogen-bond acceptors (Lipinski definition) is 3. The van der Waals surface area contributed by atoms with Crippen LogP contribution in [0.2, 0.25) is 0 Å². The number of carbonyl (C=O) groups excluding carboxylic acids is 1. The van der Waals surface area contributed by atoms with Gasteiger partial charge in [-0.3, -0.25) is 9.48 Å². The van der Waals surface area contributed by atoms with Gasteiger partial charge in [0.15, 0.2) is 0 Å². The molecule has 0 aromatic carbocycles. The summed E-state index contributed by atoms with van der Waals surface area (Å²) in [4.78, 5) is 12.3. The first-order valence-corrected chi connectivity index (χ1v) is 6.28. The van der Waals surface area contributed by atoms with Crippen LogP contribution in [0.25, 0.3) is 0 Å². The zero-order valence-electron chi connectivity index (χ0n) is 11.5. The molecule has 19 heavy (non-hydrogen) atoms. The van der Waals surface area contributed by atoms with Crippen molar-refractivity contribution in [3.05, 3.63) is 29.8 Å². The van der Waals surface area contributed by atoms with Crippen molar-refractivity contribution in [3.8, 4) is 0 Å². The molecule has 0 radical (unpaired) electrons. The first kappa shape index (κ1) is 13.2. The average Bonchev–Trinajstić information content (AvgIpc) is 2.83. The van der Waals surface area contributed by atoms with Gasteiger partial charge >= 0.3 is 0 Å². The van der Waals surface area contributed by atoms with Crippen LogP contribution in [0.15, 0.2) is 18.5 Å². The molecular weight excluding hydrogens is 242 g/mol. The number of amides is 1. The monoisotopic (exact) mass is 261 g/mol. The van der Waals surface area contributed by atoms with E-state index in [2.05, 4.69) is 17.3 Å². The minimum atomic E-state index is -0.166. The molecule has 0 aliphatic heterocycles. The first-order valence-electron chi connectivity index (χ1n) is 6.28. The lowest BCUT2D eigenvalue weighted by atomic mass is 10.3. The van der Waals surface area contributed by atoms with E-state index in [9.17, 15) is 4.79 Å². The minimum Gasteiger partial charge on any atom is -0.397 e. The molecule has 2 rings (SSSR count). The number of nitrogen functional groups attached to an aromatic ring is 1. The Morgan fingerprint density at radius 3 is 2.79 bits per heavy atom. The number of aryl methyl sites for hydroxylation is 3. The van der Waals surface area contributed by atoms with Gasteiger partial charge in [-0.25, -0.2) is 0 Å². The highest BCUT2D eigenvalue weighted by molar-refractivity contribution is 6.04. The van der Waals surface area contributed by atoms with Crippen LogP contribution in [0.1, 0.15) is 29.5 Å². The van der Waals surface area contributed by atoms with E-state index < -0.39 is 0 Å². The summed E-state index contributed by atoms with van der Waals surface area (Å²) in [6.45, 7) is 4.68. The van der Waals surface area contributed by atoms with Crippen molar-refractivity contribution in [2.45, 2.75) is 26.8 Å². The van der Waals surface area contributed by atoms with Crippen molar-refractivity contribution in [1.29, 1.82) is 0 Å². The summed E-state index contributed by atoms with van der Waals surface area (Å²) < 4.78 is 3.54. The molecule has 0 bridgehead atoms. The van der Waals surface area contributed by atoms with Crippen LogP contribution in [0.5, 0.6) is 0 Å². The molecule has 0 aliphatic carbocycles. The fraction of sp³-hybridized carbons (Fsp3) is 0.385. The molecular formula is C13H19N5O. The normalized spacial score (nSPS) is 10.7. The molecule has 0 saturated heterocycles. The number of anilines is 2. The fourth-order valence-corrected chi connectivity index (χ4v) is 2.06. The Labute approximate surface area is 112 Å². The molecule has 0 atom stereocenters. The first-order chi connectivity index (χ1) is 9.01. The van der Waals surface area contributed by atoms with E-state index in [4.69, 9.17) is 5.73 Å². The third-order valence-electron chi connectivity index (χ3n) is 2.88. The zero-order chi connectivity index (χ0) is 14.0. The van der Waals surface area contributed by atoms with Gasteiger partial charge in [0.25, 0.3) is 5.91 Å². The molecule has 6 nitrogen and oxygen atoms in total. The smallest absolute Gasteiger partial charge is 0.272 e. The summed E-state index contributed by atoms with van der Waals surface area (Å²) in [6, 6.07) is 1.69. The van der Waals surface area contributed by atoms with Crippen molar-refractivity contribution >= 4 is 17.3 Å². The number of rotatable bonds is 4. The highest BCUT2D eigenvalue weighted by Gasteiger charge is 2.14. The number of carbonyl (C=O) groups is 1. The topological polar surface area (TPSA) is 77.9 Å². The van der Waals surface area contributed by atoms with Crippen LogP contribution in [-0.2, 0) is 13.6 Å². The summed E-state index contributed by atoms with van der Waals surface area (Å²) in [6.07, 6.45) is 4.51. The van der Waals surface area contributed by atoms with Crippen molar-refractivity contribution in [2.75, 3.05) is 11.1 Å². The molecule has 102 valence electrons. The van der Waals surface area contributed by atoms with E-state index in [0.29, 0.717) is 11.4 Å². The number of hydrogen-bond donors (Lipinski definition) is 2. The van der Waals surface area contributed by atoms with Crippen molar-refractivity contribution in [1.82, 2.24) is 14.3 Å². The molecule has 0 fully saturated rings. The minimum absolute atomic E-state index is 0.166. The highest BCUT2D eigenvalue weighted by Crippen LogP contribution is 2.16. The summed E-state index contributed by atoms with van der Waals surface area (Å²) in [5, 5.41) is 7.05. The summed E-state index contributed by atoms with van der Waals surface area (Å²) in [7, 11) is 1.82. The van der Waals surface area contributed by atoms with Crippen molar-refractivity contribution in [2.24, 2.45) is 7.05 Å². The molecule has 3 N–H and O–H groups in total. The van der Waals surface area contributed by atoms with Gasteiger partial charge in [0, 0.05) is 26.0 Å². The molecule has 0 unspecified atom stereocenters.